The highest BCUT2D eigenvalue weighted by molar-refractivity contribution is 7.07. The highest BCUT2D eigenvalue weighted by Gasteiger charge is 2.02. The molecule has 0 radical (unpaired) electrons. The Bertz CT molecular complexity index is 412. The van der Waals surface area contributed by atoms with Gasteiger partial charge in [-0.2, -0.15) is 0 Å². The Kier molecular flexibility index (Phi) is 1.98. The van der Waals surface area contributed by atoms with E-state index in [9.17, 15) is 4.39 Å². The Hall–Kier alpha value is -1.42. The lowest BCUT2D eigenvalue weighted by atomic mass is 10.1. The van der Waals surface area contributed by atoms with Gasteiger partial charge in [-0.3, -0.25) is 0 Å². The van der Waals surface area contributed by atoms with Crippen molar-refractivity contribution in [2.45, 2.75) is 0 Å². The number of rotatable bonds is 1. The molecule has 0 aliphatic heterocycles. The molecule has 0 saturated heterocycles. The minimum Gasteiger partial charge on any atom is -0.396 e. The first-order chi connectivity index (χ1) is 6.27. The molecule has 0 unspecified atom stereocenters. The zero-order valence-electron chi connectivity index (χ0n) is 6.70. The van der Waals surface area contributed by atoms with Crippen molar-refractivity contribution in [3.8, 4) is 11.3 Å². The van der Waals surface area contributed by atoms with Crippen LogP contribution in [0.5, 0.6) is 0 Å². The van der Waals surface area contributed by atoms with Gasteiger partial charge in [0.1, 0.15) is 5.82 Å². The highest BCUT2D eigenvalue weighted by atomic mass is 32.1. The number of nitrogens with zero attached hydrogens (tertiary/aromatic N) is 1. The molecule has 0 aliphatic carbocycles. The first-order valence-corrected chi connectivity index (χ1v) is 4.65. The Morgan fingerprint density at radius 1 is 1.38 bits per heavy atom. The number of benzene rings is 1. The second-order valence-electron chi connectivity index (χ2n) is 2.61. The topological polar surface area (TPSA) is 38.9 Å². The van der Waals surface area contributed by atoms with Crippen LogP contribution in [-0.4, -0.2) is 4.98 Å². The molecule has 0 atom stereocenters. The third kappa shape index (κ3) is 1.53. The molecule has 0 amide bonds. The van der Waals surface area contributed by atoms with Crippen molar-refractivity contribution in [2.75, 3.05) is 5.73 Å². The van der Waals surface area contributed by atoms with Gasteiger partial charge in [0.05, 0.1) is 16.9 Å². The summed E-state index contributed by atoms with van der Waals surface area (Å²) in [5, 5.41) is 1.90. The minimum atomic E-state index is -0.390. The summed E-state index contributed by atoms with van der Waals surface area (Å²) in [6, 6.07) is 4.61. The normalized spacial score (nSPS) is 10.2. The van der Waals surface area contributed by atoms with Gasteiger partial charge in [0, 0.05) is 10.9 Å². The van der Waals surface area contributed by atoms with Crippen LogP contribution in [-0.2, 0) is 0 Å². The molecule has 0 fully saturated rings. The van der Waals surface area contributed by atoms with Crippen LogP contribution < -0.4 is 5.73 Å². The molecule has 66 valence electrons. The summed E-state index contributed by atoms with van der Waals surface area (Å²) in [6.45, 7) is 0. The lowest BCUT2D eigenvalue weighted by molar-refractivity contribution is 0.632. The SMILES string of the molecule is Nc1cc(-c2cscn2)ccc1F. The van der Waals surface area contributed by atoms with Crippen LogP contribution in [0.15, 0.2) is 29.1 Å². The summed E-state index contributed by atoms with van der Waals surface area (Å²) in [4.78, 5) is 4.10. The summed E-state index contributed by atoms with van der Waals surface area (Å²) in [7, 11) is 0. The molecule has 1 heterocycles. The Labute approximate surface area is 78.9 Å². The monoisotopic (exact) mass is 194 g/mol. The van der Waals surface area contributed by atoms with Crippen molar-refractivity contribution in [2.24, 2.45) is 0 Å². The molecule has 0 saturated carbocycles. The molecule has 1 aromatic heterocycles. The number of hydrogen-bond donors (Lipinski definition) is 1. The van der Waals surface area contributed by atoms with Gasteiger partial charge in [-0.15, -0.1) is 11.3 Å². The molecule has 2 nitrogen and oxygen atoms in total. The molecule has 13 heavy (non-hydrogen) atoms. The van der Waals surface area contributed by atoms with Crippen LogP contribution in [0.2, 0.25) is 0 Å². The molecule has 2 aromatic rings. The third-order valence-electron chi connectivity index (χ3n) is 1.72. The van der Waals surface area contributed by atoms with Crippen molar-refractivity contribution in [1.29, 1.82) is 0 Å². The van der Waals surface area contributed by atoms with Crippen molar-refractivity contribution < 1.29 is 4.39 Å². The van der Waals surface area contributed by atoms with E-state index in [-0.39, 0.29) is 11.5 Å². The molecule has 2 rings (SSSR count). The number of halogens is 1. The molecule has 0 spiro atoms. The first kappa shape index (κ1) is 8.19. The Balaban J connectivity index is 2.49. The maximum atomic E-state index is 12.8. The lowest BCUT2D eigenvalue weighted by Crippen LogP contribution is -1.90. The third-order valence-corrected chi connectivity index (χ3v) is 2.31. The van der Waals surface area contributed by atoms with E-state index in [1.54, 1.807) is 17.6 Å². The largest absolute Gasteiger partial charge is 0.396 e. The number of thiazole rings is 1. The lowest BCUT2D eigenvalue weighted by Gasteiger charge is -1.99. The minimum absolute atomic E-state index is 0.158. The maximum absolute atomic E-state index is 12.8. The van der Waals surface area contributed by atoms with Crippen LogP contribution in [0.4, 0.5) is 10.1 Å². The average molecular weight is 194 g/mol. The van der Waals surface area contributed by atoms with Crippen molar-refractivity contribution >= 4 is 17.0 Å². The second-order valence-corrected chi connectivity index (χ2v) is 3.33. The van der Waals surface area contributed by atoms with E-state index >= 15 is 0 Å². The quantitative estimate of drug-likeness (QED) is 0.708. The van der Waals surface area contributed by atoms with Crippen LogP contribution in [0.3, 0.4) is 0 Å². The zero-order valence-corrected chi connectivity index (χ0v) is 7.51. The fourth-order valence-electron chi connectivity index (χ4n) is 1.06. The van der Waals surface area contributed by atoms with Gasteiger partial charge in [-0.25, -0.2) is 9.37 Å². The van der Waals surface area contributed by atoms with Crippen LogP contribution >= 0.6 is 11.3 Å². The summed E-state index contributed by atoms with van der Waals surface area (Å²) >= 11 is 1.50. The van der Waals surface area contributed by atoms with Gasteiger partial charge in [-0.05, 0) is 18.2 Å². The van der Waals surface area contributed by atoms with E-state index in [0.29, 0.717) is 0 Å². The zero-order chi connectivity index (χ0) is 9.26. The number of aromatic nitrogens is 1. The molecule has 0 aliphatic rings. The van der Waals surface area contributed by atoms with Gasteiger partial charge >= 0.3 is 0 Å². The van der Waals surface area contributed by atoms with Gasteiger partial charge < -0.3 is 5.73 Å². The highest BCUT2D eigenvalue weighted by Crippen LogP contribution is 2.22. The average Bonchev–Trinajstić information content (AvgIpc) is 2.62. The predicted octanol–water partition coefficient (Wildman–Crippen LogP) is 2.53. The fourth-order valence-corrected chi connectivity index (χ4v) is 1.62. The standard InChI is InChI=1S/C9H7FN2S/c10-7-2-1-6(3-8(7)11)9-4-13-5-12-9/h1-5H,11H2. The molecule has 0 bridgehead atoms. The predicted molar refractivity (Wildman–Crippen MR) is 51.9 cm³/mol. The summed E-state index contributed by atoms with van der Waals surface area (Å²) in [5.41, 5.74) is 8.99. The molecule has 2 N–H and O–H groups in total. The van der Waals surface area contributed by atoms with E-state index in [0.717, 1.165) is 11.3 Å². The Morgan fingerprint density at radius 3 is 2.85 bits per heavy atom. The number of hydrogen-bond acceptors (Lipinski definition) is 3. The van der Waals surface area contributed by atoms with E-state index in [4.69, 9.17) is 5.73 Å². The van der Waals surface area contributed by atoms with Crippen molar-refractivity contribution in [3.05, 3.63) is 34.9 Å². The molecule has 1 aromatic carbocycles. The molecular formula is C9H7FN2S. The van der Waals surface area contributed by atoms with Crippen LogP contribution in [0.1, 0.15) is 0 Å². The van der Waals surface area contributed by atoms with E-state index in [1.807, 2.05) is 5.38 Å². The van der Waals surface area contributed by atoms with Gasteiger partial charge in [-0.1, -0.05) is 0 Å². The molecular weight excluding hydrogens is 187 g/mol. The Morgan fingerprint density at radius 2 is 2.23 bits per heavy atom. The number of anilines is 1. The number of nitrogens with two attached hydrogens (primary N) is 1. The fraction of sp³-hybridized carbons (Fsp3) is 0. The molecule has 4 heteroatoms. The van der Waals surface area contributed by atoms with Crippen LogP contribution in [0.25, 0.3) is 11.3 Å². The van der Waals surface area contributed by atoms with Gasteiger partial charge in [0.15, 0.2) is 0 Å². The van der Waals surface area contributed by atoms with E-state index in [2.05, 4.69) is 4.98 Å². The van der Waals surface area contributed by atoms with Crippen LogP contribution in [0, 0.1) is 5.82 Å². The van der Waals surface area contributed by atoms with Gasteiger partial charge in [0.2, 0.25) is 0 Å². The second kappa shape index (κ2) is 3.14. The maximum Gasteiger partial charge on any atom is 0.146 e. The first-order valence-electron chi connectivity index (χ1n) is 3.71. The smallest absolute Gasteiger partial charge is 0.146 e. The number of nitrogen functional groups attached to an aromatic ring is 1. The van der Waals surface area contributed by atoms with E-state index < -0.39 is 0 Å². The summed E-state index contributed by atoms with van der Waals surface area (Å²) in [5.74, 6) is -0.390. The van der Waals surface area contributed by atoms with Crippen molar-refractivity contribution in [3.63, 3.8) is 0 Å². The van der Waals surface area contributed by atoms with Gasteiger partial charge in [0.25, 0.3) is 0 Å². The van der Waals surface area contributed by atoms with E-state index in [1.165, 1.54) is 17.4 Å². The summed E-state index contributed by atoms with van der Waals surface area (Å²) < 4.78 is 12.8. The van der Waals surface area contributed by atoms with Crippen molar-refractivity contribution in [1.82, 2.24) is 4.98 Å². The summed E-state index contributed by atoms with van der Waals surface area (Å²) in [6.07, 6.45) is 0.